The molecule has 0 amide bonds. The molecule has 34 heavy (non-hydrogen) atoms. The zero-order valence-electron chi connectivity index (χ0n) is 18.3. The van der Waals surface area contributed by atoms with Crippen LogP contribution in [-0.2, 0) is 23.9 Å². The van der Waals surface area contributed by atoms with E-state index in [2.05, 4.69) is 20.9 Å². The van der Waals surface area contributed by atoms with Crippen LogP contribution in [0, 0.1) is 23.7 Å². The van der Waals surface area contributed by atoms with Crippen molar-refractivity contribution < 1.29 is 38.5 Å². The van der Waals surface area contributed by atoms with Crippen molar-refractivity contribution in [3.8, 4) is 12.3 Å². The van der Waals surface area contributed by atoms with Gasteiger partial charge in [0.15, 0.2) is 24.3 Å². The van der Waals surface area contributed by atoms with Gasteiger partial charge in [-0.2, -0.15) is 0 Å². The van der Waals surface area contributed by atoms with Gasteiger partial charge in [0.05, 0.1) is 11.7 Å². The third-order valence-electron chi connectivity index (χ3n) is 5.92. The number of imidazole rings is 1. The van der Waals surface area contributed by atoms with Crippen LogP contribution in [0.4, 0.5) is 10.2 Å². The molecular weight excluding hydrogens is 453 g/mol. The Kier molecular flexibility index (Phi) is 7.01. The molecule has 1 saturated heterocycles. The molecule has 2 aromatic heterocycles. The van der Waals surface area contributed by atoms with Gasteiger partial charge in [-0.05, 0) is 12.8 Å². The molecule has 0 radical (unpaired) electrons. The van der Waals surface area contributed by atoms with Crippen LogP contribution >= 0.6 is 0 Å². The van der Waals surface area contributed by atoms with Gasteiger partial charge in [-0.25, -0.2) is 19.3 Å². The van der Waals surface area contributed by atoms with Gasteiger partial charge in [0.2, 0.25) is 5.85 Å². The highest BCUT2D eigenvalue weighted by Gasteiger charge is 2.65. The molecule has 3 rings (SSSR count). The summed E-state index contributed by atoms with van der Waals surface area (Å²) in [5.41, 5.74) is 4.52. The molecular formula is C21H24FN5O7. The number of hydrogen-bond acceptors (Lipinski definition) is 9. The van der Waals surface area contributed by atoms with Crippen molar-refractivity contribution in [2.45, 2.75) is 51.1 Å². The van der Waals surface area contributed by atoms with E-state index in [4.69, 9.17) is 21.6 Å². The Labute approximate surface area is 193 Å². The first-order valence-electron chi connectivity index (χ1n) is 10.4. The molecule has 182 valence electrons. The second-order valence-electron chi connectivity index (χ2n) is 7.92. The number of aromatic nitrogens is 4. The van der Waals surface area contributed by atoms with E-state index >= 15 is 4.39 Å². The molecule has 12 nitrogen and oxygen atoms in total. The minimum absolute atomic E-state index is 0.0268. The van der Waals surface area contributed by atoms with Crippen LogP contribution in [0.5, 0.6) is 0 Å². The van der Waals surface area contributed by atoms with E-state index in [0.717, 1.165) is 6.33 Å². The lowest BCUT2D eigenvalue weighted by atomic mass is 9.68. The molecule has 0 bridgehead atoms. The average molecular weight is 477 g/mol. The van der Waals surface area contributed by atoms with E-state index in [9.17, 15) is 24.6 Å². The number of nitrogens with zero attached hydrogens (tertiary/aromatic N) is 4. The second-order valence-corrected chi connectivity index (χ2v) is 7.92. The Morgan fingerprint density at radius 3 is 2.62 bits per heavy atom. The molecule has 0 aliphatic carbocycles. The average Bonchev–Trinajstić information content (AvgIpc) is 3.32. The Morgan fingerprint density at radius 1 is 1.29 bits per heavy atom. The van der Waals surface area contributed by atoms with Crippen LogP contribution in [0.2, 0.25) is 0 Å². The number of hydrogen-bond donors (Lipinski definition) is 3. The summed E-state index contributed by atoms with van der Waals surface area (Å²) in [5.74, 6) is -4.63. The smallest absolute Gasteiger partial charge is 0.305 e. The molecule has 1 aliphatic rings. The maximum atomic E-state index is 16.4. The number of nitrogens with two attached hydrogens (primary N) is 1. The summed E-state index contributed by atoms with van der Waals surface area (Å²) < 4.78 is 28.5. The fourth-order valence-electron chi connectivity index (χ4n) is 4.29. The lowest BCUT2D eigenvalue weighted by molar-refractivity contribution is -0.206. The Morgan fingerprint density at radius 2 is 2.00 bits per heavy atom. The number of carbonyl (C=O) groups excluding carboxylic acids is 1. The molecule has 3 heterocycles. The highest BCUT2D eigenvalue weighted by Crippen LogP contribution is 2.59. The van der Waals surface area contributed by atoms with Crippen LogP contribution in [0.25, 0.3) is 11.2 Å². The molecule has 0 unspecified atom stereocenters. The third kappa shape index (κ3) is 4.49. The molecule has 0 saturated carbocycles. The number of carbonyl (C=O) groups is 3. The normalized spacial score (nSPS) is 26.3. The third-order valence-corrected chi connectivity index (χ3v) is 5.92. The van der Waals surface area contributed by atoms with E-state index in [0.29, 0.717) is 0 Å². The summed E-state index contributed by atoms with van der Waals surface area (Å²) in [6.07, 6.45) is 5.41. The number of nitrogen functional groups attached to an aromatic ring is 1. The summed E-state index contributed by atoms with van der Waals surface area (Å²) in [6.45, 7) is 0.661. The van der Waals surface area contributed by atoms with Crippen LogP contribution in [0.3, 0.4) is 0 Å². The lowest BCUT2D eigenvalue weighted by Crippen LogP contribution is -2.42. The van der Waals surface area contributed by atoms with Gasteiger partial charge in [-0.15, -0.1) is 6.42 Å². The first-order chi connectivity index (χ1) is 16.1. The first kappa shape index (κ1) is 24.8. The molecule has 0 spiro atoms. The van der Waals surface area contributed by atoms with Crippen molar-refractivity contribution in [1.29, 1.82) is 0 Å². The van der Waals surface area contributed by atoms with Gasteiger partial charge in [0, 0.05) is 25.2 Å². The molecule has 1 aliphatic heterocycles. The number of alkyl halides is 1. The number of aliphatic carboxylic acids is 2. The summed E-state index contributed by atoms with van der Waals surface area (Å²) in [7, 11) is 0. The first-order valence-corrected chi connectivity index (χ1v) is 10.4. The molecule has 13 heteroatoms. The highest BCUT2D eigenvalue weighted by molar-refractivity contribution is 5.81. The van der Waals surface area contributed by atoms with Crippen LogP contribution in [-0.4, -0.2) is 60.1 Å². The predicted octanol–water partition coefficient (Wildman–Crippen LogP) is 1.52. The number of halogens is 1. The van der Waals surface area contributed by atoms with Gasteiger partial charge in [0.25, 0.3) is 0 Å². The van der Waals surface area contributed by atoms with Crippen molar-refractivity contribution >= 4 is 34.9 Å². The van der Waals surface area contributed by atoms with E-state index in [-0.39, 0.29) is 36.2 Å². The monoisotopic (exact) mass is 477 g/mol. The number of fused-ring (bicyclic) bond motifs is 1. The molecule has 4 atom stereocenters. The number of anilines is 1. The van der Waals surface area contributed by atoms with Crippen molar-refractivity contribution in [3.63, 3.8) is 0 Å². The molecule has 0 aromatic carbocycles. The van der Waals surface area contributed by atoms with Crippen LogP contribution < -0.4 is 5.73 Å². The van der Waals surface area contributed by atoms with Crippen molar-refractivity contribution in [2.75, 3.05) is 12.3 Å². The number of carboxylic acids is 2. The fraction of sp³-hybridized carbons (Fsp3) is 0.524. The quantitative estimate of drug-likeness (QED) is 0.333. The number of terminal acetylenes is 1. The van der Waals surface area contributed by atoms with Gasteiger partial charge in [-0.1, -0.05) is 12.8 Å². The van der Waals surface area contributed by atoms with Crippen LogP contribution in [0.1, 0.15) is 45.3 Å². The van der Waals surface area contributed by atoms with Crippen molar-refractivity contribution in [1.82, 2.24) is 19.5 Å². The Balaban J connectivity index is 2.17. The van der Waals surface area contributed by atoms with E-state index in [1.807, 2.05) is 0 Å². The standard InChI is InChI=1S/C21H24FN5O7/c1-3-15(32)33-9-21(22)12(5-6-13(28)29)20(4-2,8-7-14(30)31)19(34-21)27-11-26-16-17(23)24-10-25-18(16)27/h2,10-12,19H,3,5-9H2,1H3,(H,28,29)(H,30,31)(H2,23,24,25)/t12-,19+,20+,21-/m0/s1. The summed E-state index contributed by atoms with van der Waals surface area (Å²) >= 11 is 0. The molecule has 2 aromatic rings. The van der Waals surface area contributed by atoms with Gasteiger partial charge < -0.3 is 25.4 Å². The van der Waals surface area contributed by atoms with Gasteiger partial charge in [-0.3, -0.25) is 19.0 Å². The second kappa shape index (κ2) is 9.60. The minimum atomic E-state index is -2.72. The largest absolute Gasteiger partial charge is 0.481 e. The minimum Gasteiger partial charge on any atom is -0.481 e. The maximum absolute atomic E-state index is 16.4. The number of esters is 1. The van der Waals surface area contributed by atoms with Crippen LogP contribution in [0.15, 0.2) is 12.7 Å². The van der Waals surface area contributed by atoms with Crippen molar-refractivity contribution in [3.05, 3.63) is 12.7 Å². The number of ether oxygens (including phenoxy) is 2. The van der Waals surface area contributed by atoms with E-state index < -0.39 is 60.8 Å². The Hall–Kier alpha value is -3.79. The topological polar surface area (TPSA) is 180 Å². The number of carboxylic acid groups (broad SMARTS) is 2. The fourth-order valence-corrected chi connectivity index (χ4v) is 4.29. The van der Waals surface area contributed by atoms with E-state index in [1.165, 1.54) is 17.8 Å². The molecule has 4 N–H and O–H groups in total. The Bertz CT molecular complexity index is 1150. The summed E-state index contributed by atoms with van der Waals surface area (Å²) in [6, 6.07) is 0. The highest BCUT2D eigenvalue weighted by atomic mass is 19.2. The SMILES string of the molecule is C#C[C@]1(CCC(=O)O)[C@H](n2cnc3c(N)ncnc32)O[C@@](F)(COC(=O)CC)[C@H]1CCC(=O)O. The zero-order chi connectivity index (χ0) is 25.1. The lowest BCUT2D eigenvalue weighted by Gasteiger charge is -2.35. The van der Waals surface area contributed by atoms with Gasteiger partial charge >= 0.3 is 17.9 Å². The summed E-state index contributed by atoms with van der Waals surface area (Å²) in [4.78, 5) is 46.6. The maximum Gasteiger partial charge on any atom is 0.305 e. The van der Waals surface area contributed by atoms with Gasteiger partial charge in [0.1, 0.15) is 11.8 Å². The van der Waals surface area contributed by atoms with Crippen molar-refractivity contribution in [2.24, 2.45) is 11.3 Å². The zero-order valence-corrected chi connectivity index (χ0v) is 18.3. The predicted molar refractivity (Wildman–Crippen MR) is 113 cm³/mol. The van der Waals surface area contributed by atoms with E-state index in [1.54, 1.807) is 0 Å². The number of rotatable bonds is 10. The summed E-state index contributed by atoms with van der Waals surface area (Å²) in [5, 5.41) is 18.6. The molecule has 1 fully saturated rings.